The first-order chi connectivity index (χ1) is 15.9. The van der Waals surface area contributed by atoms with Crippen LogP contribution in [0.5, 0.6) is 11.5 Å². The summed E-state index contributed by atoms with van der Waals surface area (Å²) in [5.74, 6) is 0.703. The molecule has 0 atom stereocenters. The molecule has 8 heteroatoms. The van der Waals surface area contributed by atoms with Gasteiger partial charge in [0.15, 0.2) is 5.11 Å². The molecule has 0 heterocycles. The van der Waals surface area contributed by atoms with Gasteiger partial charge in [0.25, 0.3) is 11.8 Å². The molecule has 7 nitrogen and oxygen atoms in total. The molecule has 0 aliphatic rings. The fourth-order valence-corrected chi connectivity index (χ4v) is 2.99. The summed E-state index contributed by atoms with van der Waals surface area (Å²) >= 11 is 5.13. The molecule has 2 aromatic carbocycles. The molecule has 0 aliphatic heterocycles. The maximum absolute atomic E-state index is 12.6. The molecule has 178 valence electrons. The lowest BCUT2D eigenvalue weighted by Crippen LogP contribution is -2.48. The van der Waals surface area contributed by atoms with Crippen LogP contribution in [0.4, 0.5) is 0 Å². The fourth-order valence-electron chi connectivity index (χ4n) is 2.85. The van der Waals surface area contributed by atoms with E-state index >= 15 is 0 Å². The zero-order valence-electron chi connectivity index (χ0n) is 19.5. The summed E-state index contributed by atoms with van der Waals surface area (Å²) in [5.41, 5.74) is 5.82. The summed E-state index contributed by atoms with van der Waals surface area (Å²) in [4.78, 5) is 24.9. The molecule has 0 bridgehead atoms. The molecular weight excluding hydrogens is 438 g/mol. The molecule has 33 heavy (non-hydrogen) atoms. The molecular formula is C25H33N3O4S. The topological polar surface area (TPSA) is 88.7 Å². The standard InChI is InChI=1S/C25H33N3O4S/c1-4-5-6-9-16-31-20-14-12-19(13-15-20)23(29)27-28-25(33)26-24(30)21-10-7-8-11-22(21)32-17-18(2)3/h7-8,10-15,18H,4-6,9,16-17H2,1-3H3,(H,27,29)(H2,26,28,30,33). The first-order valence-corrected chi connectivity index (χ1v) is 11.7. The van der Waals surface area contributed by atoms with Gasteiger partial charge in [-0.3, -0.25) is 25.8 Å². The number of benzene rings is 2. The number of para-hydroxylation sites is 1. The van der Waals surface area contributed by atoms with Crippen LogP contribution in [0.1, 0.15) is 67.2 Å². The van der Waals surface area contributed by atoms with Gasteiger partial charge < -0.3 is 9.47 Å². The minimum atomic E-state index is -0.429. The second-order valence-corrected chi connectivity index (χ2v) is 8.41. The fraction of sp³-hybridized carbons (Fsp3) is 0.400. The van der Waals surface area contributed by atoms with Crippen LogP contribution in [0.15, 0.2) is 48.5 Å². The van der Waals surface area contributed by atoms with Crippen molar-refractivity contribution in [3.63, 3.8) is 0 Å². The number of unbranched alkanes of at least 4 members (excludes halogenated alkanes) is 3. The lowest BCUT2D eigenvalue weighted by atomic mass is 10.2. The Kier molecular flexibility index (Phi) is 11.2. The van der Waals surface area contributed by atoms with Crippen molar-refractivity contribution in [2.45, 2.75) is 46.5 Å². The van der Waals surface area contributed by atoms with Crippen molar-refractivity contribution in [3.05, 3.63) is 59.7 Å². The quantitative estimate of drug-likeness (QED) is 0.252. The summed E-state index contributed by atoms with van der Waals surface area (Å²) < 4.78 is 11.4. The number of hydrogen-bond donors (Lipinski definition) is 3. The predicted molar refractivity (Wildman–Crippen MR) is 134 cm³/mol. The van der Waals surface area contributed by atoms with Gasteiger partial charge in [-0.2, -0.15) is 0 Å². The van der Waals surface area contributed by atoms with Crippen LogP contribution in [0.25, 0.3) is 0 Å². The lowest BCUT2D eigenvalue weighted by molar-refractivity contribution is 0.0933. The van der Waals surface area contributed by atoms with E-state index in [4.69, 9.17) is 21.7 Å². The van der Waals surface area contributed by atoms with Gasteiger partial charge in [-0.15, -0.1) is 0 Å². The van der Waals surface area contributed by atoms with Crippen molar-refractivity contribution in [1.82, 2.24) is 16.2 Å². The molecule has 0 aromatic heterocycles. The Balaban J connectivity index is 1.80. The molecule has 0 saturated heterocycles. The van der Waals surface area contributed by atoms with Gasteiger partial charge in [0.05, 0.1) is 18.8 Å². The number of carbonyl (C=O) groups is 2. The third-order valence-electron chi connectivity index (χ3n) is 4.60. The van der Waals surface area contributed by atoms with E-state index < -0.39 is 5.91 Å². The number of hydrazine groups is 1. The average Bonchev–Trinajstić information content (AvgIpc) is 2.81. The van der Waals surface area contributed by atoms with Crippen LogP contribution in [0.2, 0.25) is 0 Å². The van der Waals surface area contributed by atoms with E-state index in [1.54, 1.807) is 48.5 Å². The zero-order chi connectivity index (χ0) is 24.1. The smallest absolute Gasteiger partial charge is 0.269 e. The number of amides is 2. The largest absolute Gasteiger partial charge is 0.494 e. The molecule has 2 rings (SSSR count). The van der Waals surface area contributed by atoms with Crippen LogP contribution >= 0.6 is 12.2 Å². The van der Waals surface area contributed by atoms with E-state index in [0.717, 1.165) is 18.6 Å². The molecule has 2 amide bonds. The number of carbonyl (C=O) groups excluding carboxylic acids is 2. The number of ether oxygens (including phenoxy) is 2. The summed E-state index contributed by atoms with van der Waals surface area (Å²) in [7, 11) is 0. The number of thiocarbonyl (C=S) groups is 1. The van der Waals surface area contributed by atoms with Gasteiger partial charge in [-0.1, -0.05) is 52.2 Å². The SMILES string of the molecule is CCCCCCOc1ccc(C(=O)NNC(=S)NC(=O)c2ccccc2OCC(C)C)cc1. The Morgan fingerprint density at radius 1 is 0.909 bits per heavy atom. The highest BCUT2D eigenvalue weighted by Crippen LogP contribution is 2.18. The summed E-state index contributed by atoms with van der Waals surface area (Å²) in [6.45, 7) is 7.38. The van der Waals surface area contributed by atoms with Crippen LogP contribution < -0.4 is 25.6 Å². The first-order valence-electron chi connectivity index (χ1n) is 11.3. The average molecular weight is 472 g/mol. The van der Waals surface area contributed by atoms with Crippen molar-refractivity contribution >= 4 is 29.1 Å². The highest BCUT2D eigenvalue weighted by atomic mass is 32.1. The van der Waals surface area contributed by atoms with E-state index in [1.165, 1.54) is 12.8 Å². The Bertz CT molecular complexity index is 916. The van der Waals surface area contributed by atoms with E-state index in [1.807, 2.05) is 13.8 Å². The summed E-state index contributed by atoms with van der Waals surface area (Å²) in [5, 5.41) is 2.52. The van der Waals surface area contributed by atoms with Crippen molar-refractivity contribution in [2.24, 2.45) is 5.92 Å². The van der Waals surface area contributed by atoms with Gasteiger partial charge in [0.2, 0.25) is 0 Å². The van der Waals surface area contributed by atoms with Crippen LogP contribution in [0, 0.1) is 5.92 Å². The normalized spacial score (nSPS) is 10.4. The van der Waals surface area contributed by atoms with E-state index in [-0.39, 0.29) is 11.0 Å². The monoisotopic (exact) mass is 471 g/mol. The van der Waals surface area contributed by atoms with E-state index in [9.17, 15) is 9.59 Å². The third-order valence-corrected chi connectivity index (χ3v) is 4.81. The Morgan fingerprint density at radius 3 is 2.33 bits per heavy atom. The van der Waals surface area contributed by atoms with Gasteiger partial charge in [-0.25, -0.2) is 0 Å². The minimum absolute atomic E-state index is 0.0287. The highest BCUT2D eigenvalue weighted by molar-refractivity contribution is 7.80. The molecule has 0 unspecified atom stereocenters. The Hall–Kier alpha value is -3.13. The first kappa shape index (κ1) is 26.1. The van der Waals surface area contributed by atoms with Crippen molar-refractivity contribution in [1.29, 1.82) is 0 Å². The van der Waals surface area contributed by atoms with Crippen molar-refractivity contribution in [3.8, 4) is 11.5 Å². The molecule has 3 N–H and O–H groups in total. The molecule has 2 aromatic rings. The molecule has 0 spiro atoms. The molecule has 0 radical (unpaired) electrons. The highest BCUT2D eigenvalue weighted by Gasteiger charge is 2.14. The summed E-state index contributed by atoms with van der Waals surface area (Å²) in [6.07, 6.45) is 4.55. The molecule has 0 aliphatic carbocycles. The van der Waals surface area contributed by atoms with Gasteiger partial charge in [0.1, 0.15) is 11.5 Å². The van der Waals surface area contributed by atoms with Crippen LogP contribution in [-0.4, -0.2) is 30.1 Å². The third kappa shape index (κ3) is 9.49. The van der Waals surface area contributed by atoms with Gasteiger partial charge in [0, 0.05) is 5.56 Å². The minimum Gasteiger partial charge on any atom is -0.494 e. The van der Waals surface area contributed by atoms with Crippen LogP contribution in [-0.2, 0) is 0 Å². The number of hydrogen-bond acceptors (Lipinski definition) is 5. The van der Waals surface area contributed by atoms with E-state index in [0.29, 0.717) is 36.0 Å². The van der Waals surface area contributed by atoms with Gasteiger partial charge in [-0.05, 0) is 61.0 Å². The predicted octanol–water partition coefficient (Wildman–Crippen LogP) is 4.63. The second kappa shape index (κ2) is 14.1. The Labute approximate surface area is 201 Å². The van der Waals surface area contributed by atoms with Crippen molar-refractivity contribution in [2.75, 3.05) is 13.2 Å². The van der Waals surface area contributed by atoms with Crippen molar-refractivity contribution < 1.29 is 19.1 Å². The summed E-state index contributed by atoms with van der Waals surface area (Å²) in [6, 6.07) is 13.8. The molecule has 0 saturated carbocycles. The number of rotatable bonds is 11. The van der Waals surface area contributed by atoms with E-state index in [2.05, 4.69) is 23.1 Å². The maximum Gasteiger partial charge on any atom is 0.269 e. The molecule has 0 fully saturated rings. The zero-order valence-corrected chi connectivity index (χ0v) is 20.3. The Morgan fingerprint density at radius 2 is 1.64 bits per heavy atom. The maximum atomic E-state index is 12.6. The second-order valence-electron chi connectivity index (χ2n) is 8.00. The van der Waals surface area contributed by atoms with Gasteiger partial charge >= 0.3 is 0 Å². The lowest BCUT2D eigenvalue weighted by Gasteiger charge is -2.14. The number of nitrogens with one attached hydrogen (secondary N) is 3. The van der Waals surface area contributed by atoms with Crippen LogP contribution in [0.3, 0.4) is 0 Å².